The molecule has 1 fully saturated rings. The molecule has 1 saturated heterocycles. The quantitative estimate of drug-likeness (QED) is 0.817. The summed E-state index contributed by atoms with van der Waals surface area (Å²) >= 11 is 7.38. The zero-order valence-corrected chi connectivity index (χ0v) is 10.7. The number of nitrogens with zero attached hydrogens (tertiary/aromatic N) is 1. The van der Waals surface area contributed by atoms with E-state index in [0.29, 0.717) is 29.7 Å². The minimum atomic E-state index is 0.0372. The SMILES string of the molecule is CCC1COCCN1C(=O)c1sccc1Cl. The molecular formula is C11H14ClNO2S. The lowest BCUT2D eigenvalue weighted by Gasteiger charge is -2.34. The van der Waals surface area contributed by atoms with Crippen molar-refractivity contribution in [3.05, 3.63) is 21.3 Å². The molecule has 1 amide bonds. The fourth-order valence-electron chi connectivity index (χ4n) is 1.84. The summed E-state index contributed by atoms with van der Waals surface area (Å²) < 4.78 is 5.38. The maximum atomic E-state index is 12.2. The smallest absolute Gasteiger partial charge is 0.265 e. The van der Waals surface area contributed by atoms with Gasteiger partial charge in [0.25, 0.3) is 5.91 Å². The van der Waals surface area contributed by atoms with Crippen LogP contribution in [0.1, 0.15) is 23.0 Å². The fourth-order valence-corrected chi connectivity index (χ4v) is 2.93. The number of hydrogen-bond donors (Lipinski definition) is 0. The lowest BCUT2D eigenvalue weighted by atomic mass is 10.1. The second kappa shape index (κ2) is 5.17. The molecule has 2 heterocycles. The maximum absolute atomic E-state index is 12.2. The number of amides is 1. The number of halogens is 1. The largest absolute Gasteiger partial charge is 0.377 e. The molecule has 0 N–H and O–H groups in total. The summed E-state index contributed by atoms with van der Waals surface area (Å²) in [6, 6.07) is 1.94. The van der Waals surface area contributed by atoms with Gasteiger partial charge in [0.15, 0.2) is 0 Å². The second-order valence-corrected chi connectivity index (χ2v) is 5.06. The van der Waals surface area contributed by atoms with Crippen LogP contribution in [-0.4, -0.2) is 36.6 Å². The molecule has 1 aromatic heterocycles. The van der Waals surface area contributed by atoms with Crippen LogP contribution in [0.2, 0.25) is 5.02 Å². The van der Waals surface area contributed by atoms with Gasteiger partial charge in [0.2, 0.25) is 0 Å². The average Bonchev–Trinajstić information content (AvgIpc) is 2.74. The fraction of sp³-hybridized carbons (Fsp3) is 0.545. The Morgan fingerprint density at radius 2 is 2.56 bits per heavy atom. The normalized spacial score (nSPS) is 21.1. The van der Waals surface area contributed by atoms with Crippen molar-refractivity contribution in [3.63, 3.8) is 0 Å². The molecule has 3 nitrogen and oxygen atoms in total. The molecular weight excluding hydrogens is 246 g/mol. The number of carbonyl (C=O) groups excluding carboxylic acids is 1. The first kappa shape index (κ1) is 11.9. The molecule has 88 valence electrons. The van der Waals surface area contributed by atoms with E-state index in [4.69, 9.17) is 16.3 Å². The van der Waals surface area contributed by atoms with Crippen LogP contribution in [0.25, 0.3) is 0 Å². The molecule has 0 saturated carbocycles. The first-order chi connectivity index (χ1) is 7.74. The molecule has 0 bridgehead atoms. The van der Waals surface area contributed by atoms with Crippen molar-refractivity contribution in [3.8, 4) is 0 Å². The van der Waals surface area contributed by atoms with Crippen LogP contribution in [-0.2, 0) is 4.74 Å². The van der Waals surface area contributed by atoms with E-state index in [0.717, 1.165) is 6.42 Å². The highest BCUT2D eigenvalue weighted by Crippen LogP contribution is 2.25. The van der Waals surface area contributed by atoms with Crippen LogP contribution in [0.5, 0.6) is 0 Å². The van der Waals surface area contributed by atoms with Gasteiger partial charge >= 0.3 is 0 Å². The van der Waals surface area contributed by atoms with Crippen LogP contribution in [0.3, 0.4) is 0 Å². The van der Waals surface area contributed by atoms with E-state index in [1.807, 2.05) is 10.3 Å². The van der Waals surface area contributed by atoms with Crippen molar-refractivity contribution in [2.45, 2.75) is 19.4 Å². The highest BCUT2D eigenvalue weighted by molar-refractivity contribution is 7.12. The minimum Gasteiger partial charge on any atom is -0.377 e. The Balaban J connectivity index is 2.17. The summed E-state index contributed by atoms with van der Waals surface area (Å²) in [7, 11) is 0. The summed E-state index contributed by atoms with van der Waals surface area (Å²) in [6.45, 7) is 3.97. The van der Waals surface area contributed by atoms with Gasteiger partial charge in [0.1, 0.15) is 4.88 Å². The van der Waals surface area contributed by atoms with Crippen molar-refractivity contribution in [1.82, 2.24) is 4.90 Å². The highest BCUT2D eigenvalue weighted by atomic mass is 35.5. The Morgan fingerprint density at radius 1 is 1.75 bits per heavy atom. The first-order valence-electron chi connectivity index (χ1n) is 5.35. The van der Waals surface area contributed by atoms with E-state index < -0.39 is 0 Å². The molecule has 1 aliphatic heterocycles. The molecule has 0 spiro atoms. The maximum Gasteiger partial charge on any atom is 0.265 e. The van der Waals surface area contributed by atoms with Crippen LogP contribution >= 0.6 is 22.9 Å². The Labute approximate surface area is 104 Å². The molecule has 0 radical (unpaired) electrons. The molecule has 1 atom stereocenters. The van der Waals surface area contributed by atoms with E-state index in [1.54, 1.807) is 6.07 Å². The Hall–Kier alpha value is -0.580. The van der Waals surface area contributed by atoms with Gasteiger partial charge in [0, 0.05) is 6.54 Å². The van der Waals surface area contributed by atoms with Gasteiger partial charge in [-0.15, -0.1) is 11.3 Å². The average molecular weight is 260 g/mol. The van der Waals surface area contributed by atoms with Crippen molar-refractivity contribution in [1.29, 1.82) is 0 Å². The summed E-state index contributed by atoms with van der Waals surface area (Å²) in [5.74, 6) is 0.0372. The summed E-state index contributed by atoms with van der Waals surface area (Å²) in [6.07, 6.45) is 0.911. The predicted molar refractivity (Wildman–Crippen MR) is 65.3 cm³/mol. The van der Waals surface area contributed by atoms with Gasteiger partial charge in [-0.3, -0.25) is 4.79 Å². The van der Waals surface area contributed by atoms with Crippen LogP contribution in [0, 0.1) is 0 Å². The lowest BCUT2D eigenvalue weighted by Crippen LogP contribution is -2.48. The van der Waals surface area contributed by atoms with Crippen molar-refractivity contribution in [2.75, 3.05) is 19.8 Å². The molecule has 16 heavy (non-hydrogen) atoms. The van der Waals surface area contributed by atoms with E-state index in [9.17, 15) is 4.79 Å². The third-order valence-electron chi connectivity index (χ3n) is 2.77. The topological polar surface area (TPSA) is 29.5 Å². The summed E-state index contributed by atoms with van der Waals surface area (Å²) in [4.78, 5) is 14.8. The first-order valence-corrected chi connectivity index (χ1v) is 6.61. The number of thiophene rings is 1. The van der Waals surface area contributed by atoms with E-state index in [2.05, 4.69) is 6.92 Å². The lowest BCUT2D eigenvalue weighted by molar-refractivity contribution is -0.00252. The molecule has 2 rings (SSSR count). The molecule has 1 aliphatic rings. The van der Waals surface area contributed by atoms with Gasteiger partial charge in [0.05, 0.1) is 24.3 Å². The van der Waals surface area contributed by atoms with Crippen LogP contribution in [0.4, 0.5) is 0 Å². The van der Waals surface area contributed by atoms with E-state index in [1.165, 1.54) is 11.3 Å². The number of carbonyl (C=O) groups is 1. The Morgan fingerprint density at radius 3 is 3.19 bits per heavy atom. The predicted octanol–water partition coefficient (Wildman–Crippen LogP) is 2.65. The molecule has 5 heteroatoms. The zero-order valence-electron chi connectivity index (χ0n) is 9.11. The van der Waals surface area contributed by atoms with Gasteiger partial charge in [-0.05, 0) is 17.9 Å². The van der Waals surface area contributed by atoms with Crippen LogP contribution in [0.15, 0.2) is 11.4 Å². The third-order valence-corrected chi connectivity index (χ3v) is 4.10. The summed E-state index contributed by atoms with van der Waals surface area (Å²) in [5.41, 5.74) is 0. The summed E-state index contributed by atoms with van der Waals surface area (Å²) in [5, 5.41) is 2.40. The van der Waals surface area contributed by atoms with Crippen molar-refractivity contribution >= 4 is 28.8 Å². The number of rotatable bonds is 2. The number of morpholine rings is 1. The zero-order chi connectivity index (χ0) is 11.5. The molecule has 1 unspecified atom stereocenters. The number of hydrogen-bond acceptors (Lipinski definition) is 3. The van der Waals surface area contributed by atoms with Crippen molar-refractivity contribution in [2.24, 2.45) is 0 Å². The van der Waals surface area contributed by atoms with Gasteiger partial charge in [-0.2, -0.15) is 0 Å². The molecule has 0 aliphatic carbocycles. The highest BCUT2D eigenvalue weighted by Gasteiger charge is 2.28. The van der Waals surface area contributed by atoms with E-state index >= 15 is 0 Å². The molecule has 1 aromatic rings. The van der Waals surface area contributed by atoms with Crippen molar-refractivity contribution < 1.29 is 9.53 Å². The van der Waals surface area contributed by atoms with Gasteiger partial charge in [-0.25, -0.2) is 0 Å². The third kappa shape index (κ3) is 2.24. The Kier molecular flexibility index (Phi) is 3.84. The second-order valence-electron chi connectivity index (χ2n) is 3.73. The van der Waals surface area contributed by atoms with Gasteiger partial charge < -0.3 is 9.64 Å². The Bertz CT molecular complexity index is 380. The van der Waals surface area contributed by atoms with Crippen LogP contribution < -0.4 is 0 Å². The standard InChI is InChI=1S/C11H14ClNO2S/c1-2-8-7-15-5-4-13(8)11(14)10-9(12)3-6-16-10/h3,6,8H,2,4-5,7H2,1H3. The molecule has 0 aromatic carbocycles. The number of ether oxygens (including phenoxy) is 1. The monoisotopic (exact) mass is 259 g/mol. The van der Waals surface area contributed by atoms with Gasteiger partial charge in [-0.1, -0.05) is 18.5 Å². The van der Waals surface area contributed by atoms with E-state index in [-0.39, 0.29) is 11.9 Å². The minimum absolute atomic E-state index is 0.0372.